The third kappa shape index (κ3) is 1.74. The molecule has 0 unspecified atom stereocenters. The lowest BCUT2D eigenvalue weighted by molar-refractivity contribution is 0.425. The molecular formula is C10H16N4O. The van der Waals surface area contributed by atoms with Crippen LogP contribution in [0.25, 0.3) is 0 Å². The zero-order chi connectivity index (χ0) is 10.8. The Hall–Kier alpha value is -1.36. The molecule has 0 spiro atoms. The number of aromatic nitrogens is 2. The fourth-order valence-electron chi connectivity index (χ4n) is 1.65. The van der Waals surface area contributed by atoms with Gasteiger partial charge in [-0.05, 0) is 6.92 Å². The topological polar surface area (TPSA) is 50.2 Å². The molecule has 0 radical (unpaired) electrons. The fraction of sp³-hybridized carbons (Fsp3) is 0.600. The van der Waals surface area contributed by atoms with Gasteiger partial charge in [0.15, 0.2) is 5.82 Å². The van der Waals surface area contributed by atoms with Crippen LogP contribution in [0.4, 0.5) is 5.82 Å². The van der Waals surface area contributed by atoms with Crippen molar-refractivity contribution in [3.05, 3.63) is 22.7 Å². The Bertz CT molecular complexity index is 397. The van der Waals surface area contributed by atoms with Gasteiger partial charge in [-0.15, -0.1) is 0 Å². The minimum atomic E-state index is -0.00519. The Kier molecular flexibility index (Phi) is 2.73. The first-order valence-electron chi connectivity index (χ1n) is 5.23. The standard InChI is InChI=1S/C10H16N4O/c1-3-14-5-4-12-9(10(14)15)13(2)8-6-11-7-8/h4-5,8,11H,3,6-7H2,1-2H3. The molecule has 1 aliphatic heterocycles. The van der Waals surface area contributed by atoms with E-state index in [2.05, 4.69) is 10.3 Å². The molecule has 1 aliphatic rings. The van der Waals surface area contributed by atoms with Crippen LogP contribution in [-0.2, 0) is 6.54 Å². The van der Waals surface area contributed by atoms with Crippen LogP contribution in [-0.4, -0.2) is 35.7 Å². The van der Waals surface area contributed by atoms with Gasteiger partial charge in [0.1, 0.15) is 0 Å². The molecule has 0 saturated carbocycles. The molecule has 5 nitrogen and oxygen atoms in total. The van der Waals surface area contributed by atoms with Crippen molar-refractivity contribution in [3.8, 4) is 0 Å². The van der Waals surface area contributed by atoms with Crippen LogP contribution in [0.5, 0.6) is 0 Å². The highest BCUT2D eigenvalue weighted by Crippen LogP contribution is 2.08. The minimum Gasteiger partial charge on any atom is -0.350 e. The number of rotatable bonds is 3. The zero-order valence-corrected chi connectivity index (χ0v) is 9.10. The number of nitrogens with one attached hydrogen (secondary N) is 1. The summed E-state index contributed by atoms with van der Waals surface area (Å²) >= 11 is 0. The summed E-state index contributed by atoms with van der Waals surface area (Å²) in [5.41, 5.74) is -0.00519. The van der Waals surface area contributed by atoms with Gasteiger partial charge in [0.2, 0.25) is 0 Å². The van der Waals surface area contributed by atoms with Crippen LogP contribution in [0.2, 0.25) is 0 Å². The van der Waals surface area contributed by atoms with E-state index in [1.54, 1.807) is 17.0 Å². The van der Waals surface area contributed by atoms with Gasteiger partial charge in [-0.1, -0.05) is 0 Å². The molecule has 0 amide bonds. The van der Waals surface area contributed by atoms with Gasteiger partial charge in [-0.25, -0.2) is 4.98 Å². The first kappa shape index (κ1) is 10.2. The monoisotopic (exact) mass is 208 g/mol. The Labute approximate surface area is 88.7 Å². The summed E-state index contributed by atoms with van der Waals surface area (Å²) in [4.78, 5) is 18.0. The average molecular weight is 208 g/mol. The first-order chi connectivity index (χ1) is 7.24. The van der Waals surface area contributed by atoms with Crippen molar-refractivity contribution in [1.29, 1.82) is 0 Å². The lowest BCUT2D eigenvalue weighted by Crippen LogP contribution is -2.57. The van der Waals surface area contributed by atoms with E-state index in [0.717, 1.165) is 13.1 Å². The van der Waals surface area contributed by atoms with Gasteiger partial charge >= 0.3 is 0 Å². The van der Waals surface area contributed by atoms with E-state index in [4.69, 9.17) is 0 Å². The lowest BCUT2D eigenvalue weighted by atomic mass is 10.1. The highest BCUT2D eigenvalue weighted by Gasteiger charge is 2.24. The summed E-state index contributed by atoms with van der Waals surface area (Å²) in [7, 11) is 1.93. The van der Waals surface area contributed by atoms with Crippen LogP contribution in [0.1, 0.15) is 6.92 Å². The summed E-state index contributed by atoms with van der Waals surface area (Å²) in [6.07, 6.45) is 3.40. The Morgan fingerprint density at radius 3 is 2.93 bits per heavy atom. The third-order valence-electron chi connectivity index (χ3n) is 2.88. The van der Waals surface area contributed by atoms with Crippen LogP contribution in [0.15, 0.2) is 17.2 Å². The van der Waals surface area contributed by atoms with Crippen LogP contribution in [0.3, 0.4) is 0 Å². The van der Waals surface area contributed by atoms with Crippen LogP contribution < -0.4 is 15.8 Å². The molecule has 0 atom stereocenters. The van der Waals surface area contributed by atoms with Crippen LogP contribution >= 0.6 is 0 Å². The largest absolute Gasteiger partial charge is 0.350 e. The molecule has 1 aromatic rings. The third-order valence-corrected chi connectivity index (χ3v) is 2.88. The molecule has 0 aromatic carbocycles. The molecule has 2 rings (SSSR count). The van der Waals surface area contributed by atoms with Gasteiger partial charge in [0.25, 0.3) is 5.56 Å². The second kappa shape index (κ2) is 4.02. The van der Waals surface area contributed by atoms with Crippen molar-refractivity contribution in [3.63, 3.8) is 0 Å². The van der Waals surface area contributed by atoms with E-state index in [9.17, 15) is 4.79 Å². The molecule has 1 fully saturated rings. The number of anilines is 1. The smallest absolute Gasteiger partial charge is 0.293 e. The first-order valence-corrected chi connectivity index (χ1v) is 5.23. The maximum absolute atomic E-state index is 11.9. The number of hydrogen-bond acceptors (Lipinski definition) is 4. The maximum Gasteiger partial charge on any atom is 0.293 e. The Balaban J connectivity index is 2.30. The molecule has 0 aliphatic carbocycles. The SMILES string of the molecule is CCn1ccnc(N(C)C2CNC2)c1=O. The van der Waals surface area contributed by atoms with E-state index in [1.165, 1.54) is 0 Å². The predicted molar refractivity (Wildman–Crippen MR) is 59.2 cm³/mol. The Morgan fingerprint density at radius 2 is 2.40 bits per heavy atom. The summed E-state index contributed by atoms with van der Waals surface area (Å²) in [6, 6.07) is 0.401. The van der Waals surface area contributed by atoms with Gasteiger partial charge in [-0.3, -0.25) is 4.79 Å². The van der Waals surface area contributed by atoms with Gasteiger partial charge in [0.05, 0.1) is 6.04 Å². The molecule has 82 valence electrons. The van der Waals surface area contributed by atoms with Crippen molar-refractivity contribution >= 4 is 5.82 Å². The highest BCUT2D eigenvalue weighted by atomic mass is 16.1. The van der Waals surface area contributed by atoms with E-state index < -0.39 is 0 Å². The molecule has 0 bridgehead atoms. The molecule has 15 heavy (non-hydrogen) atoms. The maximum atomic E-state index is 11.9. The van der Waals surface area contributed by atoms with Gasteiger partial charge in [-0.2, -0.15) is 0 Å². The fourth-order valence-corrected chi connectivity index (χ4v) is 1.65. The van der Waals surface area contributed by atoms with E-state index in [1.807, 2.05) is 18.9 Å². The number of aryl methyl sites for hydroxylation is 1. The molecule has 1 saturated heterocycles. The van der Waals surface area contributed by atoms with E-state index >= 15 is 0 Å². The number of nitrogens with zero attached hydrogens (tertiary/aromatic N) is 3. The van der Waals surface area contributed by atoms with Crippen molar-refractivity contribution in [2.45, 2.75) is 19.5 Å². The second-order valence-electron chi connectivity index (χ2n) is 3.76. The number of hydrogen-bond donors (Lipinski definition) is 1. The summed E-state index contributed by atoms with van der Waals surface area (Å²) in [6.45, 7) is 4.50. The van der Waals surface area contributed by atoms with Crippen LogP contribution in [0, 0.1) is 0 Å². The molecule has 1 N–H and O–H groups in total. The van der Waals surface area contributed by atoms with Crippen molar-refractivity contribution in [2.24, 2.45) is 0 Å². The summed E-state index contributed by atoms with van der Waals surface area (Å²) in [5, 5.41) is 3.18. The Morgan fingerprint density at radius 1 is 1.67 bits per heavy atom. The van der Waals surface area contributed by atoms with Crippen molar-refractivity contribution in [1.82, 2.24) is 14.9 Å². The lowest BCUT2D eigenvalue weighted by Gasteiger charge is -2.35. The normalized spacial score (nSPS) is 16.1. The van der Waals surface area contributed by atoms with Gasteiger partial charge in [0, 0.05) is 39.1 Å². The van der Waals surface area contributed by atoms with Gasteiger partial charge < -0.3 is 14.8 Å². The zero-order valence-electron chi connectivity index (χ0n) is 9.10. The average Bonchev–Trinajstić information content (AvgIpc) is 2.15. The van der Waals surface area contributed by atoms with E-state index in [0.29, 0.717) is 18.4 Å². The number of likely N-dealkylation sites (N-methyl/N-ethyl adjacent to an activating group) is 1. The van der Waals surface area contributed by atoms with Crippen molar-refractivity contribution < 1.29 is 0 Å². The quantitative estimate of drug-likeness (QED) is 0.739. The molecule has 2 heterocycles. The predicted octanol–water partition coefficient (Wildman–Crippen LogP) is -0.329. The highest BCUT2D eigenvalue weighted by molar-refractivity contribution is 5.37. The molecular weight excluding hydrogens is 192 g/mol. The molecule has 1 aromatic heterocycles. The summed E-state index contributed by atoms with van der Waals surface area (Å²) < 4.78 is 1.67. The van der Waals surface area contributed by atoms with Crippen molar-refractivity contribution in [2.75, 3.05) is 25.0 Å². The minimum absolute atomic E-state index is 0.00519. The second-order valence-corrected chi connectivity index (χ2v) is 3.76. The molecule has 5 heteroatoms. The van der Waals surface area contributed by atoms with E-state index in [-0.39, 0.29) is 5.56 Å². The summed E-state index contributed by atoms with van der Waals surface area (Å²) in [5.74, 6) is 0.547.